The van der Waals surface area contributed by atoms with E-state index >= 15 is 0 Å². The van der Waals surface area contributed by atoms with E-state index in [0.717, 1.165) is 0 Å². The molecule has 26 heavy (non-hydrogen) atoms. The minimum Gasteiger partial charge on any atom is -0.741 e. The van der Waals surface area contributed by atoms with Crippen LogP contribution in [0.2, 0.25) is 0 Å². The first-order valence-electron chi connectivity index (χ1n) is 3.81. The van der Waals surface area contributed by atoms with Crippen molar-refractivity contribution in [2.45, 2.75) is 16.5 Å². The molecule has 0 aromatic carbocycles. The van der Waals surface area contributed by atoms with Crippen molar-refractivity contribution in [3.8, 4) is 0 Å². The second-order valence-corrected chi connectivity index (χ2v) is 6.81. The summed E-state index contributed by atoms with van der Waals surface area (Å²) in [6.45, 7) is 0. The molecule has 10 nitrogen and oxygen atoms in total. The third-order valence-corrected chi connectivity index (χ3v) is 2.55. The molecule has 0 saturated heterocycles. The Balaban J connectivity index is -0.0000000817. The molecule has 2 N–H and O–H groups in total. The molecular weight excluding hydrogens is 614 g/mol. The summed E-state index contributed by atoms with van der Waals surface area (Å²) in [4.78, 5) is 0. The van der Waals surface area contributed by atoms with Gasteiger partial charge in [-0.15, -0.1) is 0 Å². The van der Waals surface area contributed by atoms with Gasteiger partial charge in [0.1, 0.15) is 0 Å². The van der Waals surface area contributed by atoms with Gasteiger partial charge in [-0.3, -0.25) is 0 Å². The fourth-order valence-corrected chi connectivity index (χ4v) is 0. The molecular formula is C3H2F9O10S3Sm. The van der Waals surface area contributed by atoms with E-state index in [1.165, 1.54) is 0 Å². The summed E-state index contributed by atoms with van der Waals surface area (Å²) < 4.78 is 177. The molecule has 0 aliphatic carbocycles. The minimum absolute atomic E-state index is 0. The summed E-state index contributed by atoms with van der Waals surface area (Å²) in [5, 5.41) is 0. The van der Waals surface area contributed by atoms with E-state index in [4.69, 9.17) is 38.9 Å². The minimum atomic E-state index is -6.09. The van der Waals surface area contributed by atoms with Gasteiger partial charge in [-0.1, -0.05) is 0 Å². The standard InChI is InChI=1S/3CHF3O3S.H2O.Sm/c3*2-1(3,4)8(5,6)7;;/h3*(H,5,6,7);1H2;/q;;;;+3/p-3. The van der Waals surface area contributed by atoms with Crippen molar-refractivity contribution < 1.29 is 124 Å². The Morgan fingerprint density at radius 3 is 0.500 bits per heavy atom. The van der Waals surface area contributed by atoms with Crippen LogP contribution in [0, 0.1) is 40.4 Å². The van der Waals surface area contributed by atoms with Gasteiger partial charge >= 0.3 is 56.9 Å². The maximum absolute atomic E-state index is 10.7. The first-order valence-corrected chi connectivity index (χ1v) is 8.04. The van der Waals surface area contributed by atoms with Gasteiger partial charge in [0.25, 0.3) is 0 Å². The fourth-order valence-electron chi connectivity index (χ4n) is 0. The molecule has 161 valence electrons. The molecule has 0 heterocycles. The smallest absolute Gasteiger partial charge is 0.741 e. The van der Waals surface area contributed by atoms with Crippen molar-refractivity contribution in [3.05, 3.63) is 0 Å². The summed E-state index contributed by atoms with van der Waals surface area (Å²) in [7, 11) is -18.3. The Hall–Kier alpha value is 0.398. The normalized spacial score (nSPS) is 12.9. The quantitative estimate of drug-likeness (QED) is 0.192. The summed E-state index contributed by atoms with van der Waals surface area (Å²) in [6.07, 6.45) is 0. The molecule has 0 saturated carbocycles. The number of rotatable bonds is 0. The van der Waals surface area contributed by atoms with Crippen molar-refractivity contribution in [1.82, 2.24) is 0 Å². The monoisotopic (exact) mass is 617 g/mol. The second kappa shape index (κ2) is 11.4. The molecule has 0 unspecified atom stereocenters. The van der Waals surface area contributed by atoms with Gasteiger partial charge in [-0.05, 0) is 0 Å². The molecule has 0 rings (SSSR count). The summed E-state index contributed by atoms with van der Waals surface area (Å²) in [6, 6.07) is 0. The van der Waals surface area contributed by atoms with E-state index in [1.807, 2.05) is 0 Å². The molecule has 0 aromatic heterocycles. The first-order chi connectivity index (χ1) is 9.75. The molecule has 0 aromatic rings. The number of alkyl halides is 9. The number of hydrogen-bond acceptors (Lipinski definition) is 9. The molecule has 0 amide bonds. The molecule has 0 bridgehead atoms. The van der Waals surface area contributed by atoms with Gasteiger partial charge in [0.05, 0.1) is 0 Å². The van der Waals surface area contributed by atoms with Crippen LogP contribution < -0.4 is 0 Å². The van der Waals surface area contributed by atoms with E-state index in [2.05, 4.69) is 0 Å². The number of halogens is 9. The van der Waals surface area contributed by atoms with E-state index in [0.29, 0.717) is 0 Å². The van der Waals surface area contributed by atoms with Crippen molar-refractivity contribution >= 4 is 30.4 Å². The van der Waals surface area contributed by atoms with Gasteiger partial charge in [-0.2, -0.15) is 39.5 Å². The average Bonchev–Trinajstić information content (AvgIpc) is 2.08. The zero-order valence-electron chi connectivity index (χ0n) is 10.7. The van der Waals surface area contributed by atoms with Crippen LogP contribution in [-0.2, 0) is 30.4 Å². The number of hydrogen-bond donors (Lipinski definition) is 0. The second-order valence-electron chi connectivity index (χ2n) is 2.70. The summed E-state index contributed by atoms with van der Waals surface area (Å²) >= 11 is 0. The van der Waals surface area contributed by atoms with Crippen LogP contribution in [0.5, 0.6) is 0 Å². The van der Waals surface area contributed by atoms with E-state index in [-0.39, 0.29) is 45.9 Å². The van der Waals surface area contributed by atoms with Crippen LogP contribution in [0.4, 0.5) is 39.5 Å². The van der Waals surface area contributed by atoms with Gasteiger partial charge in [-0.25, -0.2) is 25.3 Å². The van der Waals surface area contributed by atoms with Crippen molar-refractivity contribution in [3.63, 3.8) is 0 Å². The van der Waals surface area contributed by atoms with Crippen LogP contribution in [0.3, 0.4) is 0 Å². The third kappa shape index (κ3) is 17.8. The molecule has 0 aliphatic heterocycles. The Kier molecular flexibility index (Phi) is 16.3. The Morgan fingerprint density at radius 1 is 0.462 bits per heavy atom. The first kappa shape index (κ1) is 37.2. The largest absolute Gasteiger partial charge is 3.00 e. The Bertz CT molecular complexity index is 598. The molecule has 0 fully saturated rings. The topological polar surface area (TPSA) is 203 Å². The van der Waals surface area contributed by atoms with Crippen LogP contribution in [0.15, 0.2) is 0 Å². The zero-order valence-corrected chi connectivity index (χ0v) is 15.8. The average molecular weight is 616 g/mol. The third-order valence-electron chi connectivity index (χ3n) is 0.850. The maximum Gasteiger partial charge on any atom is 3.00 e. The van der Waals surface area contributed by atoms with Crippen LogP contribution in [0.25, 0.3) is 0 Å². The molecule has 23 heteroatoms. The van der Waals surface area contributed by atoms with Crippen molar-refractivity contribution in [2.75, 3.05) is 0 Å². The fraction of sp³-hybridized carbons (Fsp3) is 1.00. The van der Waals surface area contributed by atoms with Crippen molar-refractivity contribution in [1.29, 1.82) is 0 Å². The molecule has 0 atom stereocenters. The predicted molar refractivity (Wildman–Crippen MR) is 50.9 cm³/mol. The van der Waals surface area contributed by atoms with E-state index < -0.39 is 46.9 Å². The summed E-state index contributed by atoms with van der Waals surface area (Å²) in [5.41, 5.74) is -16.9. The maximum atomic E-state index is 10.7. The van der Waals surface area contributed by atoms with Gasteiger partial charge in [0.15, 0.2) is 30.4 Å². The molecule has 1 radical (unpaired) electrons. The zero-order chi connectivity index (χ0) is 21.0. The van der Waals surface area contributed by atoms with E-state index in [1.54, 1.807) is 0 Å². The van der Waals surface area contributed by atoms with E-state index in [9.17, 15) is 39.5 Å². The SMILES string of the molecule is O.O=S(=O)([O-])C(F)(F)F.O=S(=O)([O-])C(F)(F)F.O=S(=O)([O-])C(F)(F)F.[Sm+3]. The van der Waals surface area contributed by atoms with Gasteiger partial charge in [0, 0.05) is 0 Å². The Morgan fingerprint density at radius 2 is 0.500 bits per heavy atom. The molecule has 0 spiro atoms. The predicted octanol–water partition coefficient (Wildman–Crippen LogP) is -0.670. The van der Waals surface area contributed by atoms with Crippen LogP contribution in [-0.4, -0.2) is 60.9 Å². The summed E-state index contributed by atoms with van der Waals surface area (Å²) in [5.74, 6) is 0. The van der Waals surface area contributed by atoms with Crippen molar-refractivity contribution in [2.24, 2.45) is 0 Å². The van der Waals surface area contributed by atoms with Crippen LogP contribution >= 0.6 is 0 Å². The Labute approximate surface area is 170 Å². The van der Waals surface area contributed by atoms with Crippen LogP contribution in [0.1, 0.15) is 0 Å². The van der Waals surface area contributed by atoms with Gasteiger partial charge < -0.3 is 19.1 Å². The van der Waals surface area contributed by atoms with Gasteiger partial charge in [0.2, 0.25) is 0 Å². The molecule has 0 aliphatic rings.